The quantitative estimate of drug-likeness (QED) is 0.684. The SMILES string of the molecule is CC(C)(C)NP1N(C(C)(C)C)P(Nc2ccccn2)N1C(C)(C)C. The molecule has 1 aliphatic heterocycles. The molecule has 1 saturated heterocycles. The Morgan fingerprint density at radius 2 is 1.38 bits per heavy atom. The van der Waals surface area contributed by atoms with Crippen LogP contribution in [0.2, 0.25) is 0 Å². The Bertz CT molecular complexity index is 523. The zero-order valence-electron chi connectivity index (χ0n) is 16.5. The highest BCUT2D eigenvalue weighted by atomic mass is 31.3. The molecule has 1 aromatic rings. The van der Waals surface area contributed by atoms with Crippen LogP contribution >= 0.6 is 16.7 Å². The van der Waals surface area contributed by atoms with Crippen LogP contribution in [0.15, 0.2) is 24.4 Å². The van der Waals surface area contributed by atoms with E-state index in [9.17, 15) is 0 Å². The predicted octanol–water partition coefficient (Wildman–Crippen LogP) is 5.55. The summed E-state index contributed by atoms with van der Waals surface area (Å²) < 4.78 is 5.23. The Hall–Kier alpha value is -0.310. The van der Waals surface area contributed by atoms with Crippen molar-refractivity contribution in [2.75, 3.05) is 5.09 Å². The van der Waals surface area contributed by atoms with Gasteiger partial charge in [0.05, 0.1) is 0 Å². The fourth-order valence-electron chi connectivity index (χ4n) is 2.45. The molecule has 2 rings (SSSR count). The number of pyridine rings is 1. The van der Waals surface area contributed by atoms with Crippen LogP contribution in [0.5, 0.6) is 0 Å². The van der Waals surface area contributed by atoms with Gasteiger partial charge in [-0.1, -0.05) is 6.07 Å². The third-order valence-electron chi connectivity index (χ3n) is 3.23. The number of hydrogen-bond acceptors (Lipinski definition) is 5. The first kappa shape index (κ1) is 20.0. The molecule has 0 atom stereocenters. The van der Waals surface area contributed by atoms with E-state index >= 15 is 0 Å². The summed E-state index contributed by atoms with van der Waals surface area (Å²) in [5.41, 5.74) is 0.240. The number of nitrogens with one attached hydrogen (secondary N) is 2. The smallest absolute Gasteiger partial charge is 0.160 e. The van der Waals surface area contributed by atoms with Gasteiger partial charge in [-0.3, -0.25) is 5.09 Å². The molecule has 24 heavy (non-hydrogen) atoms. The average molecular weight is 369 g/mol. The van der Waals surface area contributed by atoms with Gasteiger partial charge in [-0.05, 0) is 74.4 Å². The maximum atomic E-state index is 4.47. The Morgan fingerprint density at radius 3 is 1.75 bits per heavy atom. The van der Waals surface area contributed by atoms with Crippen molar-refractivity contribution in [3.05, 3.63) is 24.4 Å². The molecular weight excluding hydrogens is 336 g/mol. The molecular formula is C17H33N5P2. The monoisotopic (exact) mass is 369 g/mol. The lowest BCUT2D eigenvalue weighted by Gasteiger charge is -2.65. The third kappa shape index (κ3) is 4.65. The van der Waals surface area contributed by atoms with E-state index in [1.165, 1.54) is 0 Å². The second-order valence-corrected chi connectivity index (χ2v) is 13.0. The topological polar surface area (TPSA) is 43.4 Å². The molecule has 0 radical (unpaired) electrons. The van der Waals surface area contributed by atoms with Crippen molar-refractivity contribution in [2.24, 2.45) is 0 Å². The van der Waals surface area contributed by atoms with Crippen molar-refractivity contribution in [2.45, 2.75) is 78.9 Å². The maximum Gasteiger partial charge on any atom is 0.160 e. The summed E-state index contributed by atoms with van der Waals surface area (Å²) in [5.74, 6) is 0.942. The molecule has 136 valence electrons. The molecule has 0 unspecified atom stereocenters. The molecule has 2 N–H and O–H groups in total. The van der Waals surface area contributed by atoms with Crippen molar-refractivity contribution in [1.82, 2.24) is 19.0 Å². The lowest BCUT2D eigenvalue weighted by molar-refractivity contribution is 0.272. The van der Waals surface area contributed by atoms with Crippen LogP contribution in [0, 0.1) is 0 Å². The Labute approximate surface area is 150 Å². The highest BCUT2D eigenvalue weighted by Crippen LogP contribution is 2.79. The van der Waals surface area contributed by atoms with Crippen molar-refractivity contribution >= 4 is 22.6 Å². The van der Waals surface area contributed by atoms with E-state index in [1.807, 2.05) is 24.4 Å². The number of anilines is 1. The molecule has 0 saturated carbocycles. The summed E-state index contributed by atoms with van der Waals surface area (Å²) in [7, 11) is -1.22. The van der Waals surface area contributed by atoms with Crippen LogP contribution in [0.1, 0.15) is 62.3 Å². The summed E-state index contributed by atoms with van der Waals surface area (Å²) in [4.78, 5) is 4.47. The molecule has 1 aromatic heterocycles. The van der Waals surface area contributed by atoms with Crippen molar-refractivity contribution in [1.29, 1.82) is 0 Å². The Balaban J connectivity index is 2.34. The van der Waals surface area contributed by atoms with Crippen LogP contribution in [-0.4, -0.2) is 30.5 Å². The van der Waals surface area contributed by atoms with E-state index in [0.717, 1.165) is 5.82 Å². The molecule has 0 aliphatic carbocycles. The number of nitrogens with zero attached hydrogens (tertiary/aromatic N) is 3. The number of aromatic nitrogens is 1. The van der Waals surface area contributed by atoms with Crippen molar-refractivity contribution in [3.63, 3.8) is 0 Å². The predicted molar refractivity (Wildman–Crippen MR) is 108 cm³/mol. The van der Waals surface area contributed by atoms with Gasteiger partial charge >= 0.3 is 0 Å². The largest absolute Gasteiger partial charge is 0.324 e. The molecule has 0 bridgehead atoms. The number of rotatable bonds is 3. The van der Waals surface area contributed by atoms with E-state index in [4.69, 9.17) is 0 Å². The lowest BCUT2D eigenvalue weighted by Crippen LogP contribution is -2.59. The first-order chi connectivity index (χ1) is 10.8. The average Bonchev–Trinajstić information content (AvgIpc) is 2.33. The van der Waals surface area contributed by atoms with E-state index in [0.29, 0.717) is 0 Å². The van der Waals surface area contributed by atoms with Crippen molar-refractivity contribution in [3.8, 4) is 0 Å². The standard InChI is InChI=1S/C17H33N5P2/c1-15(2,3)20-24-21(16(4,5)6)23(22(24)17(7,8)9)19-14-12-10-11-13-18-14/h10-13,20H,1-9H3,(H,18,19). The van der Waals surface area contributed by atoms with E-state index in [1.54, 1.807) is 0 Å². The second kappa shape index (κ2) is 6.78. The van der Waals surface area contributed by atoms with Crippen LogP contribution in [0.25, 0.3) is 0 Å². The molecule has 0 aromatic carbocycles. The molecule has 5 nitrogen and oxygen atoms in total. The Kier molecular flexibility index (Phi) is 5.65. The van der Waals surface area contributed by atoms with Crippen LogP contribution in [-0.2, 0) is 0 Å². The zero-order valence-corrected chi connectivity index (χ0v) is 18.3. The van der Waals surface area contributed by atoms with Gasteiger partial charge in [0.15, 0.2) is 8.37 Å². The van der Waals surface area contributed by atoms with Crippen LogP contribution < -0.4 is 10.2 Å². The maximum absolute atomic E-state index is 4.47. The minimum Gasteiger partial charge on any atom is -0.324 e. The highest BCUT2D eigenvalue weighted by molar-refractivity contribution is 7.82. The summed E-state index contributed by atoms with van der Waals surface area (Å²) in [6.45, 7) is 20.5. The van der Waals surface area contributed by atoms with Gasteiger partial charge in [0.25, 0.3) is 0 Å². The third-order valence-corrected chi connectivity index (χ3v) is 10.4. The van der Waals surface area contributed by atoms with Gasteiger partial charge in [0.1, 0.15) is 14.2 Å². The molecule has 7 heteroatoms. The van der Waals surface area contributed by atoms with Gasteiger partial charge < -0.3 is 5.09 Å². The molecule has 0 amide bonds. The minimum absolute atomic E-state index is 0.0745. The Morgan fingerprint density at radius 1 is 0.833 bits per heavy atom. The summed E-state index contributed by atoms with van der Waals surface area (Å²) in [5, 5.41) is 7.55. The number of hydrogen-bond donors (Lipinski definition) is 2. The summed E-state index contributed by atoms with van der Waals surface area (Å²) in [6, 6.07) is 6.03. The fourth-order valence-corrected chi connectivity index (χ4v) is 8.62. The first-order valence-electron chi connectivity index (χ1n) is 8.46. The molecule has 2 heterocycles. The highest BCUT2D eigenvalue weighted by Gasteiger charge is 2.57. The molecule has 1 fully saturated rings. The molecule has 1 aliphatic rings. The molecule has 0 spiro atoms. The van der Waals surface area contributed by atoms with Gasteiger partial charge in [-0.2, -0.15) is 8.88 Å². The van der Waals surface area contributed by atoms with Crippen LogP contribution in [0.4, 0.5) is 5.82 Å². The summed E-state index contributed by atoms with van der Waals surface area (Å²) >= 11 is 0. The second-order valence-electron chi connectivity index (χ2n) is 9.19. The zero-order chi connectivity index (χ0) is 18.3. The van der Waals surface area contributed by atoms with Crippen LogP contribution in [0.3, 0.4) is 0 Å². The fraction of sp³-hybridized carbons (Fsp3) is 0.706. The first-order valence-corrected chi connectivity index (χ1v) is 11.0. The minimum atomic E-state index is -0.649. The van der Waals surface area contributed by atoms with Gasteiger partial charge in [0.2, 0.25) is 0 Å². The van der Waals surface area contributed by atoms with Crippen molar-refractivity contribution < 1.29 is 0 Å². The van der Waals surface area contributed by atoms with Gasteiger partial charge in [-0.15, -0.1) is 0 Å². The van der Waals surface area contributed by atoms with E-state index in [-0.39, 0.29) is 16.6 Å². The lowest BCUT2D eigenvalue weighted by atomic mass is 10.1. The van der Waals surface area contributed by atoms with Gasteiger partial charge in [0, 0.05) is 22.8 Å². The van der Waals surface area contributed by atoms with E-state index < -0.39 is 16.7 Å². The van der Waals surface area contributed by atoms with E-state index in [2.05, 4.69) is 86.4 Å². The normalized spacial score (nSPS) is 23.9. The van der Waals surface area contributed by atoms with Gasteiger partial charge in [-0.25, -0.2) is 4.98 Å². The summed E-state index contributed by atoms with van der Waals surface area (Å²) in [6.07, 6.45) is 1.84.